The first kappa shape index (κ1) is 17.6. The lowest BCUT2D eigenvalue weighted by atomic mass is 10.1. The van der Waals surface area contributed by atoms with Crippen LogP contribution >= 0.6 is 11.6 Å². The van der Waals surface area contributed by atoms with Gasteiger partial charge >= 0.3 is 5.97 Å². The van der Waals surface area contributed by atoms with Crippen LogP contribution < -0.4 is 10.1 Å². The van der Waals surface area contributed by atoms with Crippen molar-refractivity contribution in [2.45, 2.75) is 24.1 Å². The number of benzene rings is 1. The molecule has 0 bridgehead atoms. The van der Waals surface area contributed by atoms with E-state index in [1.54, 1.807) is 0 Å². The summed E-state index contributed by atoms with van der Waals surface area (Å²) in [6.45, 7) is 0. The molecule has 0 saturated carbocycles. The summed E-state index contributed by atoms with van der Waals surface area (Å²) in [6.07, 6.45) is 0.594. The Morgan fingerprint density at radius 3 is 2.61 bits per heavy atom. The van der Waals surface area contributed by atoms with Crippen molar-refractivity contribution < 1.29 is 27.9 Å². The fourth-order valence-corrected chi connectivity index (χ4v) is 4.51. The summed E-state index contributed by atoms with van der Waals surface area (Å²) in [5, 5.41) is 10.6. The number of carbonyl (C=O) groups excluding carboxylic acids is 1. The predicted molar refractivity (Wildman–Crippen MR) is 83.3 cm³/mol. The summed E-state index contributed by atoms with van der Waals surface area (Å²) in [5.74, 6) is -1.81. The standard InChI is InChI=1S/C14H16ClNO6S/c1-22-10-5-4-8(7-9(10)15)12(14(18)19)16-13(17)11-3-2-6-23(11,20)21/h4-5,7,11-12H,2-3,6H2,1H3,(H,16,17)(H,18,19). The van der Waals surface area contributed by atoms with Crippen LogP contribution in [0.2, 0.25) is 5.02 Å². The molecular weight excluding hydrogens is 346 g/mol. The molecule has 1 amide bonds. The van der Waals surface area contributed by atoms with Crippen LogP contribution in [0.15, 0.2) is 18.2 Å². The van der Waals surface area contributed by atoms with Crippen molar-refractivity contribution in [1.82, 2.24) is 5.32 Å². The number of methoxy groups -OCH3 is 1. The van der Waals surface area contributed by atoms with Gasteiger partial charge in [0.05, 0.1) is 17.9 Å². The number of carboxylic acids is 1. The van der Waals surface area contributed by atoms with E-state index >= 15 is 0 Å². The molecule has 7 nitrogen and oxygen atoms in total. The molecule has 1 fully saturated rings. The zero-order chi connectivity index (χ0) is 17.2. The molecule has 1 aliphatic rings. The quantitative estimate of drug-likeness (QED) is 0.814. The third kappa shape index (κ3) is 3.76. The predicted octanol–water partition coefficient (Wildman–Crippen LogP) is 1.17. The zero-order valence-corrected chi connectivity index (χ0v) is 13.9. The van der Waals surface area contributed by atoms with Crippen molar-refractivity contribution in [3.63, 3.8) is 0 Å². The number of halogens is 1. The fourth-order valence-electron chi connectivity index (χ4n) is 2.47. The second kappa shape index (κ2) is 6.76. The van der Waals surface area contributed by atoms with E-state index in [1.807, 2.05) is 0 Å². The summed E-state index contributed by atoms with van der Waals surface area (Å²) in [6, 6.07) is 2.91. The molecule has 2 N–H and O–H groups in total. The summed E-state index contributed by atoms with van der Waals surface area (Å²) in [7, 11) is -2.09. The summed E-state index contributed by atoms with van der Waals surface area (Å²) in [5.41, 5.74) is 0.229. The number of nitrogens with one attached hydrogen (secondary N) is 1. The van der Waals surface area contributed by atoms with Gasteiger partial charge < -0.3 is 15.2 Å². The van der Waals surface area contributed by atoms with E-state index in [2.05, 4.69) is 5.32 Å². The van der Waals surface area contributed by atoms with Crippen LogP contribution in [-0.2, 0) is 19.4 Å². The van der Waals surface area contributed by atoms with Crippen LogP contribution in [0, 0.1) is 0 Å². The van der Waals surface area contributed by atoms with Crippen LogP contribution in [0.5, 0.6) is 5.75 Å². The van der Waals surface area contributed by atoms with E-state index < -0.39 is 33.0 Å². The fraction of sp³-hybridized carbons (Fsp3) is 0.429. The second-order valence-corrected chi connectivity index (χ2v) is 7.88. The van der Waals surface area contributed by atoms with Gasteiger partial charge in [-0.05, 0) is 30.5 Å². The normalized spacial score (nSPS) is 20.7. The number of amides is 1. The summed E-state index contributed by atoms with van der Waals surface area (Å²) in [4.78, 5) is 23.6. The third-order valence-electron chi connectivity index (χ3n) is 3.66. The van der Waals surface area contributed by atoms with E-state index in [0.717, 1.165) is 0 Å². The molecule has 0 aromatic heterocycles. The molecule has 1 aromatic rings. The number of carbonyl (C=O) groups is 2. The number of carboxylic acid groups (broad SMARTS) is 1. The highest BCUT2D eigenvalue weighted by Gasteiger charge is 2.38. The largest absolute Gasteiger partial charge is 0.495 e. The Morgan fingerprint density at radius 2 is 2.13 bits per heavy atom. The van der Waals surface area contributed by atoms with E-state index in [4.69, 9.17) is 16.3 Å². The van der Waals surface area contributed by atoms with Gasteiger partial charge in [0.15, 0.2) is 15.9 Å². The Labute approximate surface area is 138 Å². The van der Waals surface area contributed by atoms with Crippen LogP contribution in [0.3, 0.4) is 0 Å². The number of hydrogen-bond acceptors (Lipinski definition) is 5. The number of aliphatic carboxylic acids is 1. The van der Waals surface area contributed by atoms with Crippen LogP contribution in [0.4, 0.5) is 0 Å². The Hall–Kier alpha value is -1.80. The van der Waals surface area contributed by atoms with Gasteiger partial charge in [-0.3, -0.25) is 4.79 Å². The second-order valence-electron chi connectivity index (χ2n) is 5.17. The van der Waals surface area contributed by atoms with E-state index in [1.165, 1.54) is 25.3 Å². The highest BCUT2D eigenvalue weighted by molar-refractivity contribution is 7.93. The van der Waals surface area contributed by atoms with Gasteiger partial charge in [-0.1, -0.05) is 17.7 Å². The molecule has 23 heavy (non-hydrogen) atoms. The molecule has 1 saturated heterocycles. The lowest BCUT2D eigenvalue weighted by molar-refractivity contribution is -0.142. The average molecular weight is 362 g/mol. The lowest BCUT2D eigenvalue weighted by Crippen LogP contribution is -2.42. The van der Waals surface area contributed by atoms with E-state index in [-0.39, 0.29) is 22.8 Å². The van der Waals surface area contributed by atoms with E-state index in [9.17, 15) is 23.1 Å². The number of sulfone groups is 1. The van der Waals surface area contributed by atoms with E-state index in [0.29, 0.717) is 12.2 Å². The van der Waals surface area contributed by atoms with Gasteiger partial charge in [0, 0.05) is 0 Å². The number of ether oxygens (including phenoxy) is 1. The van der Waals surface area contributed by atoms with Gasteiger partial charge in [-0.2, -0.15) is 0 Å². The van der Waals surface area contributed by atoms with Crippen LogP contribution in [-0.4, -0.2) is 43.5 Å². The first-order valence-electron chi connectivity index (χ1n) is 6.84. The molecular formula is C14H16ClNO6S. The molecule has 1 aliphatic heterocycles. The average Bonchev–Trinajstić information content (AvgIpc) is 2.83. The van der Waals surface area contributed by atoms with Crippen molar-refractivity contribution in [3.05, 3.63) is 28.8 Å². The van der Waals surface area contributed by atoms with Crippen molar-refractivity contribution in [1.29, 1.82) is 0 Å². The Morgan fingerprint density at radius 1 is 1.43 bits per heavy atom. The van der Waals surface area contributed by atoms with Gasteiger partial charge in [-0.25, -0.2) is 13.2 Å². The maximum atomic E-state index is 12.1. The molecule has 1 heterocycles. The topological polar surface area (TPSA) is 110 Å². The van der Waals surface area contributed by atoms with Crippen LogP contribution in [0.1, 0.15) is 24.4 Å². The molecule has 126 valence electrons. The first-order chi connectivity index (χ1) is 10.8. The molecule has 2 rings (SSSR count). The SMILES string of the molecule is COc1ccc(C(NC(=O)C2CCCS2(=O)=O)C(=O)O)cc1Cl. The maximum absolute atomic E-state index is 12.1. The lowest BCUT2D eigenvalue weighted by Gasteiger charge is -2.18. The third-order valence-corrected chi connectivity index (χ3v) is 6.13. The zero-order valence-electron chi connectivity index (χ0n) is 12.3. The van der Waals surface area contributed by atoms with Crippen LogP contribution in [0.25, 0.3) is 0 Å². The highest BCUT2D eigenvalue weighted by atomic mass is 35.5. The molecule has 0 spiro atoms. The Kier molecular flexibility index (Phi) is 5.16. The molecule has 2 atom stereocenters. The monoisotopic (exact) mass is 361 g/mol. The highest BCUT2D eigenvalue weighted by Crippen LogP contribution is 2.28. The molecule has 0 aliphatic carbocycles. The van der Waals surface area contributed by atoms with Crippen molar-refractivity contribution in [2.24, 2.45) is 0 Å². The first-order valence-corrected chi connectivity index (χ1v) is 8.94. The molecule has 1 aromatic carbocycles. The van der Waals surface area contributed by atoms with Gasteiger partial charge in [0.2, 0.25) is 5.91 Å². The Balaban J connectivity index is 2.24. The summed E-state index contributed by atoms with van der Waals surface area (Å²) >= 11 is 5.96. The molecule has 2 unspecified atom stereocenters. The summed E-state index contributed by atoms with van der Waals surface area (Å²) < 4.78 is 28.5. The Bertz CT molecular complexity index is 733. The minimum absolute atomic E-state index is 0.0583. The smallest absolute Gasteiger partial charge is 0.330 e. The van der Waals surface area contributed by atoms with Crippen molar-refractivity contribution in [3.8, 4) is 5.75 Å². The van der Waals surface area contributed by atoms with Crippen molar-refractivity contribution >= 4 is 33.3 Å². The maximum Gasteiger partial charge on any atom is 0.330 e. The number of hydrogen-bond donors (Lipinski definition) is 2. The minimum atomic E-state index is -3.51. The van der Waals surface area contributed by atoms with Gasteiger partial charge in [0.1, 0.15) is 11.0 Å². The van der Waals surface area contributed by atoms with Gasteiger partial charge in [-0.15, -0.1) is 0 Å². The van der Waals surface area contributed by atoms with Crippen molar-refractivity contribution in [2.75, 3.05) is 12.9 Å². The molecule has 0 radical (unpaired) electrons. The number of rotatable bonds is 5. The molecule has 9 heteroatoms. The van der Waals surface area contributed by atoms with Gasteiger partial charge in [0.25, 0.3) is 0 Å². The minimum Gasteiger partial charge on any atom is -0.495 e.